The number of benzene rings is 3. The summed E-state index contributed by atoms with van der Waals surface area (Å²) in [5.74, 6) is 0.969. The molecule has 3 aliphatic carbocycles. The number of methoxy groups -OCH3 is 1. The third-order valence-electron chi connectivity index (χ3n) is 12.5. The van der Waals surface area contributed by atoms with Crippen LogP contribution in [0.5, 0.6) is 5.75 Å². The number of para-hydroxylation sites is 1. The lowest BCUT2D eigenvalue weighted by Crippen LogP contribution is -2.62. The Balaban J connectivity index is 1.23. The molecule has 0 spiro atoms. The molecule has 11 nitrogen and oxygen atoms in total. The number of fused-ring (bicyclic) bond motifs is 2. The Labute approximate surface area is 325 Å². The first-order valence-corrected chi connectivity index (χ1v) is 19.5. The number of hydrogen-bond donors (Lipinski definition) is 3. The molecule has 4 fully saturated rings. The fraction of sp³-hybridized carbons (Fsp3) is 0.523. The minimum Gasteiger partial charge on any atom is -0.496 e. The van der Waals surface area contributed by atoms with E-state index in [4.69, 9.17) is 14.3 Å². The maximum Gasteiger partial charge on any atom is 0.325 e. The Morgan fingerprint density at radius 3 is 2.42 bits per heavy atom. The Morgan fingerprint density at radius 1 is 1.04 bits per heavy atom. The van der Waals surface area contributed by atoms with Crippen molar-refractivity contribution in [2.24, 2.45) is 35.0 Å². The van der Waals surface area contributed by atoms with Crippen LogP contribution in [0.1, 0.15) is 68.9 Å². The summed E-state index contributed by atoms with van der Waals surface area (Å²) >= 11 is 0. The van der Waals surface area contributed by atoms with E-state index in [2.05, 4.69) is 45.3 Å². The van der Waals surface area contributed by atoms with Gasteiger partial charge in [0.2, 0.25) is 5.91 Å². The van der Waals surface area contributed by atoms with Gasteiger partial charge in [-0.15, -0.1) is 0 Å². The van der Waals surface area contributed by atoms with Gasteiger partial charge < -0.3 is 30.1 Å². The van der Waals surface area contributed by atoms with Gasteiger partial charge in [-0.05, 0) is 71.3 Å². The molecule has 1 aliphatic heterocycles. The number of aliphatic hydroxyl groups is 1. The quantitative estimate of drug-likeness (QED) is 0.174. The van der Waals surface area contributed by atoms with Gasteiger partial charge in [-0.1, -0.05) is 83.1 Å². The van der Waals surface area contributed by atoms with Crippen LogP contribution in [0.25, 0.3) is 11.1 Å². The maximum absolute atomic E-state index is 14.3. The van der Waals surface area contributed by atoms with Crippen molar-refractivity contribution in [3.8, 4) is 16.9 Å². The van der Waals surface area contributed by atoms with Crippen molar-refractivity contribution in [3.63, 3.8) is 0 Å². The highest BCUT2D eigenvalue weighted by Gasteiger charge is 2.57. The highest BCUT2D eigenvalue weighted by Crippen LogP contribution is 2.61. The fourth-order valence-electron chi connectivity index (χ4n) is 9.25. The lowest BCUT2D eigenvalue weighted by Gasteiger charge is -2.62. The van der Waals surface area contributed by atoms with Crippen molar-refractivity contribution in [1.82, 2.24) is 15.7 Å². The number of hydroxylamine groups is 2. The van der Waals surface area contributed by atoms with E-state index in [1.54, 1.807) is 24.3 Å². The summed E-state index contributed by atoms with van der Waals surface area (Å²) in [6.07, 6.45) is 1.67. The van der Waals surface area contributed by atoms with E-state index in [0.717, 1.165) is 34.4 Å². The first-order valence-electron chi connectivity index (χ1n) is 19.5. The average Bonchev–Trinajstić information content (AvgIpc) is 3.55. The summed E-state index contributed by atoms with van der Waals surface area (Å²) < 4.78 is 11.4. The van der Waals surface area contributed by atoms with Crippen LogP contribution < -0.4 is 20.3 Å². The number of aliphatic hydroxyl groups excluding tert-OH is 1. The predicted molar refractivity (Wildman–Crippen MR) is 212 cm³/mol. The van der Waals surface area contributed by atoms with Crippen molar-refractivity contribution in [2.75, 3.05) is 39.3 Å². The molecule has 2 amide bonds. The standard InChI is InChI=1S/C44H58N4O7/c1-26(2)39-37(24-49)55-48(40(39)43(52)46-36-21-32-20-35(27(36)3)44(32,4)5)23-29-15-12-16-34(41(29)53-8)30-17-31(19-33(18-30)47(6)7)42(51)45-22-38(50)54-25-28-13-10-9-11-14-28/h9-19,26-27,32,35-37,39-40,49H,20-25H2,1-8H3,(H,45,51)(H,46,52)/t27-,32+,35-,36-,37-,39-,40-/m0/s1. The molecule has 0 radical (unpaired) electrons. The predicted octanol–water partition coefficient (Wildman–Crippen LogP) is 5.84. The monoisotopic (exact) mass is 754 g/mol. The van der Waals surface area contributed by atoms with Gasteiger partial charge in [-0.2, -0.15) is 5.06 Å². The van der Waals surface area contributed by atoms with Crippen LogP contribution in [-0.2, 0) is 32.3 Å². The minimum absolute atomic E-state index is 0.0704. The first kappa shape index (κ1) is 40.2. The number of carbonyl (C=O) groups excluding carboxylic acids is 3. The molecular weight excluding hydrogens is 697 g/mol. The van der Waals surface area contributed by atoms with Crippen LogP contribution in [0, 0.1) is 35.0 Å². The highest BCUT2D eigenvalue weighted by atomic mass is 16.7. The van der Waals surface area contributed by atoms with Crippen LogP contribution in [0.15, 0.2) is 66.7 Å². The molecule has 3 aromatic carbocycles. The number of nitrogens with one attached hydrogen (secondary N) is 2. The number of carbonyl (C=O) groups is 3. The Bertz CT molecular complexity index is 1850. The van der Waals surface area contributed by atoms with Crippen LogP contribution >= 0.6 is 0 Å². The summed E-state index contributed by atoms with van der Waals surface area (Å²) in [6, 6.07) is 20.2. The van der Waals surface area contributed by atoms with E-state index < -0.39 is 24.0 Å². The second-order valence-electron chi connectivity index (χ2n) is 16.7. The van der Waals surface area contributed by atoms with Gasteiger partial charge in [0.15, 0.2) is 0 Å². The third kappa shape index (κ3) is 8.39. The largest absolute Gasteiger partial charge is 0.496 e. The van der Waals surface area contributed by atoms with Crippen LogP contribution in [0.3, 0.4) is 0 Å². The molecule has 7 rings (SSSR count). The molecule has 7 atom stereocenters. The second kappa shape index (κ2) is 16.7. The Hall–Kier alpha value is -4.45. The molecule has 3 N–H and O–H groups in total. The molecule has 55 heavy (non-hydrogen) atoms. The number of ether oxygens (including phenoxy) is 2. The van der Waals surface area contributed by atoms with Gasteiger partial charge in [0.1, 0.15) is 31.0 Å². The molecule has 0 unspecified atom stereocenters. The van der Waals surface area contributed by atoms with Gasteiger partial charge >= 0.3 is 5.97 Å². The lowest BCUT2D eigenvalue weighted by atomic mass is 9.45. The van der Waals surface area contributed by atoms with Gasteiger partial charge in [-0.3, -0.25) is 19.2 Å². The number of nitrogens with zero attached hydrogens (tertiary/aromatic N) is 2. The summed E-state index contributed by atoms with van der Waals surface area (Å²) in [7, 11) is 5.39. The van der Waals surface area contributed by atoms with Gasteiger partial charge in [0.05, 0.1) is 20.3 Å². The van der Waals surface area contributed by atoms with E-state index in [0.29, 0.717) is 34.5 Å². The maximum atomic E-state index is 14.3. The average molecular weight is 755 g/mol. The zero-order chi connectivity index (χ0) is 39.6. The molecule has 3 aromatic rings. The topological polar surface area (TPSA) is 130 Å². The number of esters is 1. The zero-order valence-electron chi connectivity index (χ0n) is 33.5. The van der Waals surface area contributed by atoms with Crippen molar-refractivity contribution in [3.05, 3.63) is 83.4 Å². The molecule has 11 heteroatoms. The molecule has 296 valence electrons. The van der Waals surface area contributed by atoms with Gasteiger partial charge in [0, 0.05) is 48.4 Å². The molecule has 3 saturated carbocycles. The molecule has 2 bridgehead atoms. The van der Waals surface area contributed by atoms with Crippen molar-refractivity contribution in [2.45, 2.75) is 78.8 Å². The van der Waals surface area contributed by atoms with E-state index >= 15 is 0 Å². The summed E-state index contributed by atoms with van der Waals surface area (Å²) in [4.78, 5) is 48.6. The summed E-state index contributed by atoms with van der Waals surface area (Å²) in [5.41, 5.74) is 4.59. The lowest BCUT2D eigenvalue weighted by molar-refractivity contribution is -0.183. The Morgan fingerprint density at radius 2 is 1.78 bits per heavy atom. The highest BCUT2D eigenvalue weighted by molar-refractivity contribution is 5.98. The van der Waals surface area contributed by atoms with Crippen LogP contribution in [-0.4, -0.2) is 80.5 Å². The van der Waals surface area contributed by atoms with Crippen LogP contribution in [0.4, 0.5) is 5.69 Å². The first-order chi connectivity index (χ1) is 26.2. The molecule has 4 aliphatic rings. The van der Waals surface area contributed by atoms with Crippen molar-refractivity contribution in [1.29, 1.82) is 0 Å². The number of hydrogen-bond acceptors (Lipinski definition) is 9. The number of anilines is 1. The Kier molecular flexibility index (Phi) is 12.2. The smallest absolute Gasteiger partial charge is 0.325 e. The van der Waals surface area contributed by atoms with E-state index in [9.17, 15) is 19.5 Å². The zero-order valence-corrected chi connectivity index (χ0v) is 33.5. The minimum atomic E-state index is -0.615. The van der Waals surface area contributed by atoms with Gasteiger partial charge in [0.25, 0.3) is 5.91 Å². The van der Waals surface area contributed by atoms with Crippen molar-refractivity contribution >= 4 is 23.5 Å². The van der Waals surface area contributed by atoms with E-state index in [1.807, 2.05) is 73.6 Å². The SMILES string of the molecule is COc1c(CN2O[C@@H](CO)[C@H](C(C)C)[C@H]2C(=O)N[C@H]2C[C@H]3C[C@@H]([C@@H]2C)C3(C)C)cccc1-c1cc(C(=O)NCC(=O)OCc2ccccc2)cc(N(C)C)c1. The summed E-state index contributed by atoms with van der Waals surface area (Å²) in [5, 5.41) is 18.3. The molecule has 1 heterocycles. The summed E-state index contributed by atoms with van der Waals surface area (Å²) in [6.45, 7) is 11.0. The normalized spacial score (nSPS) is 25.5. The van der Waals surface area contributed by atoms with Crippen LogP contribution in [0.2, 0.25) is 0 Å². The third-order valence-corrected chi connectivity index (χ3v) is 12.5. The second-order valence-corrected chi connectivity index (χ2v) is 16.7. The van der Waals surface area contributed by atoms with Gasteiger partial charge in [-0.25, -0.2) is 0 Å². The number of rotatable bonds is 14. The van der Waals surface area contributed by atoms with E-state index in [1.165, 1.54) is 6.42 Å². The molecular formula is C44H58N4O7. The molecule has 0 aromatic heterocycles. The van der Waals surface area contributed by atoms with E-state index in [-0.39, 0.29) is 50.1 Å². The molecule has 1 saturated heterocycles. The number of amides is 2. The van der Waals surface area contributed by atoms with Crippen molar-refractivity contribution < 1.29 is 33.8 Å². The fourth-order valence-corrected chi connectivity index (χ4v) is 9.25.